The van der Waals surface area contributed by atoms with E-state index in [1.165, 1.54) is 0 Å². The first-order chi connectivity index (χ1) is 18.7. The summed E-state index contributed by atoms with van der Waals surface area (Å²) in [6, 6.07) is 0. The number of rotatable bonds is 21. The van der Waals surface area contributed by atoms with Gasteiger partial charge in [-0.15, -0.1) is 0 Å². The summed E-state index contributed by atoms with van der Waals surface area (Å²) in [5.74, 6) is 0. The normalized spacial score (nSPS) is 18.3. The first-order valence-electron chi connectivity index (χ1n) is 15.5. The van der Waals surface area contributed by atoms with Gasteiger partial charge in [0.1, 0.15) is 8.56 Å². The molecule has 0 saturated heterocycles. The van der Waals surface area contributed by atoms with Crippen LogP contribution in [0.3, 0.4) is 0 Å². The Balaban J connectivity index is 5.00. The molecular weight excluding hydrogens is 749 g/mol. The molecule has 0 aliphatic heterocycles. The molecule has 10 nitrogen and oxygen atoms in total. The summed E-state index contributed by atoms with van der Waals surface area (Å²) in [6.07, 6.45) is 0. The van der Waals surface area contributed by atoms with Crippen molar-refractivity contribution in [2.45, 2.75) is 137 Å². The van der Waals surface area contributed by atoms with E-state index in [0.29, 0.717) is 0 Å². The van der Waals surface area contributed by atoms with E-state index in [1.807, 2.05) is 0 Å². The maximum atomic E-state index is 6.68. The molecule has 0 aliphatic carbocycles. The summed E-state index contributed by atoms with van der Waals surface area (Å²) in [5.41, 5.74) is 0. The zero-order valence-corrected chi connectivity index (χ0v) is 44.2. The van der Waals surface area contributed by atoms with Crippen LogP contribution < -0.4 is 0 Å². The molecule has 0 heterocycles. The van der Waals surface area contributed by atoms with Crippen LogP contribution in [0.5, 0.6) is 0 Å². The first kappa shape index (κ1) is 45.2. The van der Waals surface area contributed by atoms with Gasteiger partial charge in [0.05, 0.1) is 7.59 Å². The molecule has 0 amide bonds. The van der Waals surface area contributed by atoms with Crippen molar-refractivity contribution in [1.29, 1.82) is 0 Å². The Bertz CT molecular complexity index is 839. The standard InChI is InChI=1S/C21H68O10Si12/c1-32(23-34(3)25-36(5)38(9,10)11)22-33(2)24-35(4)26-39(12,13)28-41(16,17)30-43(20,21)31-42(18,19)29-40(14,15)27-37(6,7)8/h32-36H,1-21H3. The van der Waals surface area contributed by atoms with Crippen molar-refractivity contribution >= 4 is 104 Å². The predicted octanol–water partition coefficient (Wildman–Crippen LogP) is 5.67. The summed E-state index contributed by atoms with van der Waals surface area (Å²) in [5, 5.41) is 0. The highest BCUT2D eigenvalue weighted by molar-refractivity contribution is 7.29. The molecule has 0 spiro atoms. The van der Waals surface area contributed by atoms with Gasteiger partial charge in [0, 0.05) is 0 Å². The zero-order chi connectivity index (χ0) is 34.5. The van der Waals surface area contributed by atoms with Gasteiger partial charge in [0.25, 0.3) is 37.1 Å². The fourth-order valence-corrected chi connectivity index (χ4v) is 54.9. The van der Waals surface area contributed by atoms with Crippen molar-refractivity contribution < 1.29 is 41.2 Å². The van der Waals surface area contributed by atoms with E-state index in [2.05, 4.69) is 137 Å². The van der Waals surface area contributed by atoms with Crippen LogP contribution in [0, 0.1) is 0 Å². The molecule has 22 heteroatoms. The lowest BCUT2D eigenvalue weighted by Gasteiger charge is -2.43. The van der Waals surface area contributed by atoms with Crippen LogP contribution in [0.4, 0.5) is 0 Å². The SMILES string of the molecule is C[SiH](O[SiH](C)O[SiH](C)O[Si](C)(C)O[Si](C)(C)O[Si](C)(C)O[Si](C)(C)O[Si](C)(C)O[Si](C)(C)C)O[SiH](C)O[SiH](C)[Si](C)(C)C. The summed E-state index contributed by atoms with van der Waals surface area (Å²) in [7, 11) is -24.0. The molecule has 5 atom stereocenters. The van der Waals surface area contributed by atoms with Crippen LogP contribution in [-0.2, 0) is 41.2 Å². The molecule has 0 fully saturated rings. The molecule has 0 aromatic carbocycles. The third-order valence-electron chi connectivity index (χ3n) is 5.73. The fourth-order valence-electron chi connectivity index (χ4n) is 5.04. The molecular formula is C21H68O10Si12. The number of hydrogen-bond donors (Lipinski definition) is 0. The quantitative estimate of drug-likeness (QED) is 0.135. The fraction of sp³-hybridized carbons (Fsp3) is 1.00. The minimum absolute atomic E-state index is 1.17. The van der Waals surface area contributed by atoms with Crippen molar-refractivity contribution in [2.24, 2.45) is 0 Å². The maximum absolute atomic E-state index is 6.68. The molecule has 0 aromatic heterocycles. The van der Waals surface area contributed by atoms with Gasteiger partial charge >= 0.3 is 42.8 Å². The van der Waals surface area contributed by atoms with E-state index in [1.54, 1.807) is 0 Å². The highest BCUT2D eigenvalue weighted by Gasteiger charge is 2.47. The van der Waals surface area contributed by atoms with E-state index in [4.69, 9.17) is 41.2 Å². The average Bonchev–Trinajstić information content (AvgIpc) is 2.58. The van der Waals surface area contributed by atoms with Crippen LogP contribution in [0.25, 0.3) is 0 Å². The molecule has 260 valence electrons. The molecule has 0 radical (unpaired) electrons. The van der Waals surface area contributed by atoms with E-state index >= 15 is 0 Å². The van der Waals surface area contributed by atoms with Gasteiger partial charge in [0.15, 0.2) is 8.32 Å². The van der Waals surface area contributed by atoms with Gasteiger partial charge < -0.3 is 41.2 Å². The first-order valence-corrected chi connectivity index (χ1v) is 48.4. The predicted molar refractivity (Wildman–Crippen MR) is 210 cm³/mol. The highest BCUT2D eigenvalue weighted by atomic mass is 29.2. The minimum atomic E-state index is -2.59. The van der Waals surface area contributed by atoms with Gasteiger partial charge in [-0.1, -0.05) is 26.2 Å². The third-order valence-corrected chi connectivity index (χ3v) is 52.8. The summed E-state index contributed by atoms with van der Waals surface area (Å²) in [4.78, 5) is 0. The second-order valence-electron chi connectivity index (χ2n) is 15.6. The van der Waals surface area contributed by atoms with Crippen molar-refractivity contribution in [3.63, 3.8) is 0 Å². The number of hydrogen-bond acceptors (Lipinski definition) is 10. The monoisotopic (exact) mass is 816 g/mol. The van der Waals surface area contributed by atoms with Crippen molar-refractivity contribution in [2.75, 3.05) is 0 Å². The smallest absolute Gasteiger partial charge is 0.314 e. The lowest BCUT2D eigenvalue weighted by atomic mass is 11.8. The Hall–Kier alpha value is 2.20. The summed E-state index contributed by atoms with van der Waals surface area (Å²) >= 11 is 0. The lowest BCUT2D eigenvalue weighted by Crippen LogP contribution is -2.60. The largest absolute Gasteiger partial charge is 0.444 e. The second kappa shape index (κ2) is 17.2. The van der Waals surface area contributed by atoms with E-state index < -0.39 is 104 Å². The van der Waals surface area contributed by atoms with Gasteiger partial charge in [0.2, 0.25) is 0 Å². The zero-order valence-electron chi connectivity index (χ0n) is 31.5. The molecule has 0 aliphatic rings. The molecule has 0 bridgehead atoms. The van der Waals surface area contributed by atoms with E-state index in [9.17, 15) is 0 Å². The molecule has 0 saturated carbocycles. The van der Waals surface area contributed by atoms with Gasteiger partial charge in [-0.2, -0.15) is 0 Å². The Labute approximate surface area is 281 Å². The maximum Gasteiger partial charge on any atom is 0.314 e. The Kier molecular flexibility index (Phi) is 18.1. The summed E-state index contributed by atoms with van der Waals surface area (Å²) < 4.78 is 64.6. The second-order valence-corrected chi connectivity index (χ2v) is 61.4. The van der Waals surface area contributed by atoms with Crippen LogP contribution in [0.2, 0.25) is 137 Å². The van der Waals surface area contributed by atoms with Crippen LogP contribution in [-0.4, -0.2) is 104 Å². The van der Waals surface area contributed by atoms with Crippen LogP contribution >= 0.6 is 0 Å². The van der Waals surface area contributed by atoms with Gasteiger partial charge in [-0.25, -0.2) is 0 Å². The Morgan fingerprint density at radius 1 is 0.326 bits per heavy atom. The lowest BCUT2D eigenvalue weighted by molar-refractivity contribution is 0.267. The average molecular weight is 818 g/mol. The third kappa shape index (κ3) is 22.5. The van der Waals surface area contributed by atoms with Crippen molar-refractivity contribution in [3.05, 3.63) is 0 Å². The molecule has 0 N–H and O–H groups in total. The Morgan fingerprint density at radius 2 is 0.605 bits per heavy atom. The summed E-state index contributed by atoms with van der Waals surface area (Å²) in [6.45, 7) is 45.2. The van der Waals surface area contributed by atoms with E-state index in [-0.39, 0.29) is 0 Å². The molecule has 0 rings (SSSR count). The topological polar surface area (TPSA) is 92.3 Å². The minimum Gasteiger partial charge on any atom is -0.444 e. The van der Waals surface area contributed by atoms with Crippen molar-refractivity contribution in [3.8, 4) is 0 Å². The van der Waals surface area contributed by atoms with Crippen LogP contribution in [0.15, 0.2) is 0 Å². The highest BCUT2D eigenvalue weighted by Crippen LogP contribution is 2.28. The molecule has 5 unspecified atom stereocenters. The Morgan fingerprint density at radius 3 is 0.930 bits per heavy atom. The van der Waals surface area contributed by atoms with Crippen LogP contribution in [0.1, 0.15) is 0 Å². The molecule has 0 aromatic rings. The molecule has 43 heavy (non-hydrogen) atoms. The van der Waals surface area contributed by atoms with Gasteiger partial charge in [-0.05, 0) is 111 Å². The van der Waals surface area contributed by atoms with Crippen molar-refractivity contribution in [1.82, 2.24) is 0 Å². The van der Waals surface area contributed by atoms with E-state index in [0.717, 1.165) is 0 Å². The van der Waals surface area contributed by atoms with Gasteiger partial charge in [-0.3, -0.25) is 0 Å².